The zero-order valence-corrected chi connectivity index (χ0v) is 15.8. The van der Waals surface area contributed by atoms with E-state index >= 15 is 0 Å². The third-order valence-electron chi connectivity index (χ3n) is 4.79. The fourth-order valence-corrected chi connectivity index (χ4v) is 3.19. The SMILES string of the molecule is CCCCc1c(O)cc(CCc2cc(O)c(CCCC)c(O)c2)cc1O. The summed E-state index contributed by atoms with van der Waals surface area (Å²) >= 11 is 0. The summed E-state index contributed by atoms with van der Waals surface area (Å²) in [5.74, 6) is 0.534. The van der Waals surface area contributed by atoms with Crippen molar-refractivity contribution in [3.8, 4) is 23.0 Å². The Bertz CT molecular complexity index is 627. The largest absolute Gasteiger partial charge is 0.508 e. The van der Waals surface area contributed by atoms with Crippen molar-refractivity contribution in [2.24, 2.45) is 0 Å². The summed E-state index contributed by atoms with van der Waals surface area (Å²) in [5.41, 5.74) is 2.86. The van der Waals surface area contributed by atoms with E-state index in [0.29, 0.717) is 36.8 Å². The summed E-state index contributed by atoms with van der Waals surface area (Å²) in [6, 6.07) is 6.78. The molecule has 0 saturated heterocycles. The van der Waals surface area contributed by atoms with Gasteiger partial charge < -0.3 is 20.4 Å². The molecule has 0 heterocycles. The van der Waals surface area contributed by atoms with Gasteiger partial charge in [-0.2, -0.15) is 0 Å². The molecule has 0 atom stereocenters. The highest BCUT2D eigenvalue weighted by Gasteiger charge is 2.12. The minimum Gasteiger partial charge on any atom is -0.508 e. The number of unbranched alkanes of at least 4 members (excludes halogenated alkanes) is 2. The molecule has 26 heavy (non-hydrogen) atoms. The average Bonchev–Trinajstić information content (AvgIpc) is 2.58. The predicted molar refractivity (Wildman–Crippen MR) is 104 cm³/mol. The molecule has 4 nitrogen and oxygen atoms in total. The lowest BCUT2D eigenvalue weighted by Gasteiger charge is -2.12. The third kappa shape index (κ3) is 5.07. The van der Waals surface area contributed by atoms with Gasteiger partial charge in [0.05, 0.1) is 0 Å². The molecule has 0 unspecified atom stereocenters. The van der Waals surface area contributed by atoms with Crippen LogP contribution in [0.2, 0.25) is 0 Å². The van der Waals surface area contributed by atoms with E-state index in [4.69, 9.17) is 0 Å². The Morgan fingerprint density at radius 3 is 1.12 bits per heavy atom. The fraction of sp³-hybridized carbons (Fsp3) is 0.455. The van der Waals surface area contributed by atoms with E-state index in [0.717, 1.165) is 36.8 Å². The molecule has 0 aliphatic carbocycles. The Balaban J connectivity index is 2.09. The summed E-state index contributed by atoms with van der Waals surface area (Å²) in [6.45, 7) is 4.14. The van der Waals surface area contributed by atoms with Gasteiger partial charge in [0.15, 0.2) is 0 Å². The van der Waals surface area contributed by atoms with E-state index in [9.17, 15) is 20.4 Å². The summed E-state index contributed by atoms with van der Waals surface area (Å²) in [4.78, 5) is 0. The zero-order valence-electron chi connectivity index (χ0n) is 15.8. The van der Waals surface area contributed by atoms with Crippen LogP contribution >= 0.6 is 0 Å². The molecule has 0 bridgehead atoms. The minimum atomic E-state index is 0.133. The molecule has 0 aromatic heterocycles. The Morgan fingerprint density at radius 2 is 0.846 bits per heavy atom. The van der Waals surface area contributed by atoms with E-state index < -0.39 is 0 Å². The van der Waals surface area contributed by atoms with Crippen molar-refractivity contribution >= 4 is 0 Å². The van der Waals surface area contributed by atoms with Crippen LogP contribution in [0.15, 0.2) is 24.3 Å². The highest BCUT2D eigenvalue weighted by Crippen LogP contribution is 2.33. The zero-order chi connectivity index (χ0) is 19.1. The first-order valence-corrected chi connectivity index (χ1v) is 9.53. The number of phenolic OH excluding ortho intramolecular Hbond substituents is 4. The summed E-state index contributed by atoms with van der Waals surface area (Å²) < 4.78 is 0. The van der Waals surface area contributed by atoms with Crippen molar-refractivity contribution in [2.75, 3.05) is 0 Å². The highest BCUT2D eigenvalue weighted by atomic mass is 16.3. The second kappa shape index (κ2) is 9.37. The monoisotopic (exact) mass is 358 g/mol. The van der Waals surface area contributed by atoms with Crippen molar-refractivity contribution < 1.29 is 20.4 Å². The first-order valence-electron chi connectivity index (χ1n) is 9.53. The van der Waals surface area contributed by atoms with E-state index in [1.165, 1.54) is 0 Å². The molecule has 0 spiro atoms. The van der Waals surface area contributed by atoms with Crippen LogP contribution in [0.1, 0.15) is 61.8 Å². The maximum Gasteiger partial charge on any atom is 0.122 e. The molecule has 0 aliphatic heterocycles. The van der Waals surface area contributed by atoms with Gasteiger partial charge in [-0.25, -0.2) is 0 Å². The normalized spacial score (nSPS) is 11.0. The quantitative estimate of drug-likeness (QED) is 0.510. The first kappa shape index (κ1) is 20.0. The number of hydrogen-bond acceptors (Lipinski definition) is 4. The summed E-state index contributed by atoms with van der Waals surface area (Å²) in [5, 5.41) is 40.7. The number of hydrogen-bond donors (Lipinski definition) is 4. The van der Waals surface area contributed by atoms with Crippen LogP contribution in [-0.4, -0.2) is 20.4 Å². The van der Waals surface area contributed by atoms with Crippen molar-refractivity contribution in [3.63, 3.8) is 0 Å². The van der Waals surface area contributed by atoms with E-state index in [2.05, 4.69) is 13.8 Å². The number of aryl methyl sites for hydroxylation is 2. The number of phenols is 4. The van der Waals surface area contributed by atoms with Crippen molar-refractivity contribution in [2.45, 2.75) is 65.2 Å². The minimum absolute atomic E-state index is 0.133. The van der Waals surface area contributed by atoms with Gasteiger partial charge in [0.25, 0.3) is 0 Å². The average molecular weight is 358 g/mol. The van der Waals surface area contributed by atoms with Gasteiger partial charge in [-0.1, -0.05) is 26.7 Å². The number of benzene rings is 2. The Kier molecular flexibility index (Phi) is 7.19. The van der Waals surface area contributed by atoms with Crippen LogP contribution in [0.4, 0.5) is 0 Å². The van der Waals surface area contributed by atoms with Gasteiger partial charge >= 0.3 is 0 Å². The van der Waals surface area contributed by atoms with Crippen molar-refractivity contribution in [1.82, 2.24) is 0 Å². The number of rotatable bonds is 9. The highest BCUT2D eigenvalue weighted by molar-refractivity contribution is 5.48. The van der Waals surface area contributed by atoms with E-state index in [1.807, 2.05) is 0 Å². The molecule has 2 rings (SSSR count). The summed E-state index contributed by atoms with van der Waals surface area (Å²) in [6.07, 6.45) is 6.37. The smallest absolute Gasteiger partial charge is 0.122 e. The molecule has 2 aromatic rings. The van der Waals surface area contributed by atoms with Gasteiger partial charge in [0.1, 0.15) is 23.0 Å². The molecular formula is C22H30O4. The molecule has 0 amide bonds. The maximum absolute atomic E-state index is 10.2. The number of aromatic hydroxyl groups is 4. The molecule has 142 valence electrons. The Morgan fingerprint density at radius 1 is 0.538 bits per heavy atom. The first-order chi connectivity index (χ1) is 12.5. The second-order valence-electron chi connectivity index (χ2n) is 6.93. The molecular weight excluding hydrogens is 328 g/mol. The van der Waals surface area contributed by atoms with Crippen LogP contribution in [0.3, 0.4) is 0 Å². The van der Waals surface area contributed by atoms with Crippen LogP contribution < -0.4 is 0 Å². The van der Waals surface area contributed by atoms with Gasteiger partial charge in [0.2, 0.25) is 0 Å². The van der Waals surface area contributed by atoms with Gasteiger partial charge in [-0.15, -0.1) is 0 Å². The van der Waals surface area contributed by atoms with Crippen LogP contribution in [-0.2, 0) is 25.7 Å². The lowest BCUT2D eigenvalue weighted by Crippen LogP contribution is -1.96. The maximum atomic E-state index is 10.2. The summed E-state index contributed by atoms with van der Waals surface area (Å²) in [7, 11) is 0. The van der Waals surface area contributed by atoms with Crippen LogP contribution in [0.25, 0.3) is 0 Å². The lowest BCUT2D eigenvalue weighted by molar-refractivity contribution is 0.433. The fourth-order valence-electron chi connectivity index (χ4n) is 3.19. The standard InChI is InChI=1S/C22H30O4/c1-3-5-7-17-19(23)11-15(12-20(17)24)9-10-16-13-21(25)18(8-6-4-2)22(26)14-16/h11-14,23-26H,3-10H2,1-2H3. The third-order valence-corrected chi connectivity index (χ3v) is 4.79. The predicted octanol–water partition coefficient (Wildman–Crippen LogP) is 4.98. The van der Waals surface area contributed by atoms with Crippen molar-refractivity contribution in [1.29, 1.82) is 0 Å². The topological polar surface area (TPSA) is 80.9 Å². The molecule has 0 saturated carbocycles. The van der Waals surface area contributed by atoms with Crippen molar-refractivity contribution in [3.05, 3.63) is 46.5 Å². The molecule has 2 aromatic carbocycles. The van der Waals surface area contributed by atoms with E-state index in [1.54, 1.807) is 24.3 Å². The van der Waals surface area contributed by atoms with Gasteiger partial charge in [-0.3, -0.25) is 0 Å². The molecule has 0 radical (unpaired) electrons. The van der Waals surface area contributed by atoms with Crippen LogP contribution in [0, 0.1) is 0 Å². The molecule has 0 fully saturated rings. The van der Waals surface area contributed by atoms with Gasteiger partial charge in [0, 0.05) is 11.1 Å². The lowest BCUT2D eigenvalue weighted by atomic mass is 9.97. The molecule has 4 heteroatoms. The Hall–Kier alpha value is -2.36. The Labute approximate surface area is 155 Å². The van der Waals surface area contributed by atoms with Gasteiger partial charge in [-0.05, 0) is 73.9 Å². The van der Waals surface area contributed by atoms with E-state index in [-0.39, 0.29) is 23.0 Å². The molecule has 0 aliphatic rings. The van der Waals surface area contributed by atoms with Crippen LogP contribution in [0.5, 0.6) is 23.0 Å². The second-order valence-corrected chi connectivity index (χ2v) is 6.93. The molecule has 4 N–H and O–H groups in total.